The molecule has 0 saturated carbocycles. The number of ether oxygens (including phenoxy) is 1. The van der Waals surface area contributed by atoms with Crippen molar-refractivity contribution < 1.29 is 13.2 Å². The minimum atomic E-state index is -3.34. The zero-order valence-electron chi connectivity index (χ0n) is 10.8. The Kier molecular flexibility index (Phi) is 3.92. The molecule has 1 heterocycles. The standard InChI is InChI=1S/C13H19NO3S/c1-3-17-12-6-8-13(9-7-12)18(15,16)14-10-4-5-11(14)2/h6-9,11H,3-5,10H2,1-2H3. The Hall–Kier alpha value is -1.07. The predicted molar refractivity (Wildman–Crippen MR) is 70.2 cm³/mol. The highest BCUT2D eigenvalue weighted by atomic mass is 32.2. The lowest BCUT2D eigenvalue weighted by Gasteiger charge is -2.20. The third-order valence-electron chi connectivity index (χ3n) is 3.23. The van der Waals surface area contributed by atoms with Crippen LogP contribution in [0.25, 0.3) is 0 Å². The van der Waals surface area contributed by atoms with Gasteiger partial charge in [0.25, 0.3) is 0 Å². The van der Waals surface area contributed by atoms with E-state index in [-0.39, 0.29) is 6.04 Å². The van der Waals surface area contributed by atoms with Crippen molar-refractivity contribution in [3.63, 3.8) is 0 Å². The van der Waals surface area contributed by atoms with E-state index in [0.717, 1.165) is 12.8 Å². The maximum atomic E-state index is 12.4. The highest BCUT2D eigenvalue weighted by Crippen LogP contribution is 2.26. The lowest BCUT2D eigenvalue weighted by Crippen LogP contribution is -2.33. The Bertz CT molecular complexity index is 495. The Balaban J connectivity index is 2.24. The number of sulfonamides is 1. The molecule has 0 aliphatic carbocycles. The Morgan fingerprint density at radius 3 is 2.50 bits per heavy atom. The number of hydrogen-bond donors (Lipinski definition) is 0. The summed E-state index contributed by atoms with van der Waals surface area (Å²) < 4.78 is 31.7. The topological polar surface area (TPSA) is 46.6 Å². The lowest BCUT2D eigenvalue weighted by molar-refractivity contribution is 0.340. The van der Waals surface area contributed by atoms with Crippen LogP contribution in [-0.4, -0.2) is 31.9 Å². The van der Waals surface area contributed by atoms with Crippen molar-refractivity contribution in [2.45, 2.75) is 37.6 Å². The molecule has 0 bridgehead atoms. The molecule has 1 aromatic carbocycles. The van der Waals surface area contributed by atoms with Crippen molar-refractivity contribution in [2.24, 2.45) is 0 Å². The smallest absolute Gasteiger partial charge is 0.243 e. The first-order valence-electron chi connectivity index (χ1n) is 6.30. The molecule has 0 radical (unpaired) electrons. The Labute approximate surface area is 109 Å². The van der Waals surface area contributed by atoms with Crippen LogP contribution in [0.2, 0.25) is 0 Å². The summed E-state index contributed by atoms with van der Waals surface area (Å²) in [5.41, 5.74) is 0. The van der Waals surface area contributed by atoms with Gasteiger partial charge in [-0.3, -0.25) is 0 Å². The molecular weight excluding hydrogens is 250 g/mol. The van der Waals surface area contributed by atoms with Gasteiger partial charge in [-0.1, -0.05) is 0 Å². The van der Waals surface area contributed by atoms with Crippen molar-refractivity contribution in [2.75, 3.05) is 13.2 Å². The summed E-state index contributed by atoms with van der Waals surface area (Å²) in [6.45, 7) is 5.06. The van der Waals surface area contributed by atoms with Crippen molar-refractivity contribution in [1.82, 2.24) is 4.31 Å². The van der Waals surface area contributed by atoms with Gasteiger partial charge in [-0.05, 0) is 51.0 Å². The van der Waals surface area contributed by atoms with Gasteiger partial charge >= 0.3 is 0 Å². The molecule has 1 fully saturated rings. The minimum Gasteiger partial charge on any atom is -0.494 e. The van der Waals surface area contributed by atoms with Crippen molar-refractivity contribution in [3.05, 3.63) is 24.3 Å². The molecule has 1 aromatic rings. The largest absolute Gasteiger partial charge is 0.494 e. The quantitative estimate of drug-likeness (QED) is 0.842. The summed E-state index contributed by atoms with van der Waals surface area (Å²) in [6.07, 6.45) is 1.88. The molecule has 1 aliphatic heterocycles. The molecule has 0 amide bonds. The molecular formula is C13H19NO3S. The number of rotatable bonds is 4. The number of hydrogen-bond acceptors (Lipinski definition) is 3. The van der Waals surface area contributed by atoms with E-state index < -0.39 is 10.0 Å². The van der Waals surface area contributed by atoms with E-state index in [1.54, 1.807) is 28.6 Å². The molecule has 100 valence electrons. The van der Waals surface area contributed by atoms with E-state index in [9.17, 15) is 8.42 Å². The van der Waals surface area contributed by atoms with Crippen LogP contribution in [-0.2, 0) is 10.0 Å². The van der Waals surface area contributed by atoms with Crippen molar-refractivity contribution in [3.8, 4) is 5.75 Å². The molecule has 4 nitrogen and oxygen atoms in total. The van der Waals surface area contributed by atoms with E-state index in [2.05, 4.69) is 0 Å². The van der Waals surface area contributed by atoms with Crippen LogP contribution >= 0.6 is 0 Å². The van der Waals surface area contributed by atoms with E-state index in [4.69, 9.17) is 4.74 Å². The Morgan fingerprint density at radius 2 is 2.00 bits per heavy atom. The molecule has 0 aromatic heterocycles. The zero-order valence-corrected chi connectivity index (χ0v) is 11.6. The maximum absolute atomic E-state index is 12.4. The number of benzene rings is 1. The molecule has 5 heteroatoms. The second kappa shape index (κ2) is 5.28. The predicted octanol–water partition coefficient (Wildman–Crippen LogP) is 2.26. The van der Waals surface area contributed by atoms with Gasteiger partial charge in [0.05, 0.1) is 11.5 Å². The molecule has 0 N–H and O–H groups in total. The summed E-state index contributed by atoms with van der Waals surface area (Å²) in [4.78, 5) is 0.347. The summed E-state index contributed by atoms with van der Waals surface area (Å²) in [5, 5.41) is 0. The van der Waals surface area contributed by atoms with Gasteiger partial charge in [0.15, 0.2) is 0 Å². The van der Waals surface area contributed by atoms with Gasteiger partial charge in [0, 0.05) is 12.6 Å². The first-order chi connectivity index (χ1) is 8.55. The maximum Gasteiger partial charge on any atom is 0.243 e. The monoisotopic (exact) mass is 269 g/mol. The van der Waals surface area contributed by atoms with Crippen LogP contribution in [0.15, 0.2) is 29.2 Å². The second-order valence-electron chi connectivity index (χ2n) is 4.51. The first-order valence-corrected chi connectivity index (χ1v) is 7.74. The van der Waals surface area contributed by atoms with Crippen molar-refractivity contribution in [1.29, 1.82) is 0 Å². The van der Waals surface area contributed by atoms with Crippen LogP contribution in [0.5, 0.6) is 5.75 Å². The Morgan fingerprint density at radius 1 is 1.33 bits per heavy atom. The van der Waals surface area contributed by atoms with Crippen LogP contribution in [0, 0.1) is 0 Å². The summed E-state index contributed by atoms with van der Waals surface area (Å²) in [5.74, 6) is 0.700. The van der Waals surface area contributed by atoms with Crippen LogP contribution in [0.3, 0.4) is 0 Å². The summed E-state index contributed by atoms with van der Waals surface area (Å²) in [7, 11) is -3.34. The van der Waals surface area contributed by atoms with Crippen LogP contribution in [0.1, 0.15) is 26.7 Å². The van der Waals surface area contributed by atoms with Gasteiger partial charge in [0.1, 0.15) is 5.75 Å². The SMILES string of the molecule is CCOc1ccc(S(=O)(=O)N2CCCC2C)cc1. The number of nitrogens with zero attached hydrogens (tertiary/aromatic N) is 1. The summed E-state index contributed by atoms with van der Waals surface area (Å²) in [6, 6.07) is 6.74. The third kappa shape index (κ3) is 2.52. The van der Waals surface area contributed by atoms with Crippen LogP contribution < -0.4 is 4.74 Å². The molecule has 1 aliphatic rings. The first kappa shape index (κ1) is 13.4. The zero-order chi connectivity index (χ0) is 13.2. The van der Waals surface area contributed by atoms with Gasteiger partial charge in [-0.15, -0.1) is 0 Å². The van der Waals surface area contributed by atoms with E-state index >= 15 is 0 Å². The van der Waals surface area contributed by atoms with E-state index in [1.165, 1.54) is 0 Å². The molecule has 18 heavy (non-hydrogen) atoms. The van der Waals surface area contributed by atoms with Gasteiger partial charge in [-0.2, -0.15) is 4.31 Å². The fraction of sp³-hybridized carbons (Fsp3) is 0.538. The van der Waals surface area contributed by atoms with E-state index in [1.807, 2.05) is 13.8 Å². The fourth-order valence-electron chi connectivity index (χ4n) is 2.27. The molecule has 1 unspecified atom stereocenters. The molecule has 1 atom stereocenters. The van der Waals surface area contributed by atoms with Gasteiger partial charge in [-0.25, -0.2) is 8.42 Å². The fourth-order valence-corrected chi connectivity index (χ4v) is 3.97. The molecule has 0 spiro atoms. The average Bonchev–Trinajstić information content (AvgIpc) is 2.77. The van der Waals surface area contributed by atoms with Gasteiger partial charge in [0.2, 0.25) is 10.0 Å². The highest BCUT2D eigenvalue weighted by Gasteiger charge is 2.32. The minimum absolute atomic E-state index is 0.0987. The normalized spacial score (nSPS) is 21.1. The summed E-state index contributed by atoms with van der Waals surface area (Å²) >= 11 is 0. The van der Waals surface area contributed by atoms with Gasteiger partial charge < -0.3 is 4.74 Å². The lowest BCUT2D eigenvalue weighted by atomic mass is 10.3. The van der Waals surface area contributed by atoms with Crippen LogP contribution in [0.4, 0.5) is 0 Å². The molecule has 2 rings (SSSR count). The van der Waals surface area contributed by atoms with Crippen molar-refractivity contribution >= 4 is 10.0 Å². The highest BCUT2D eigenvalue weighted by molar-refractivity contribution is 7.89. The second-order valence-corrected chi connectivity index (χ2v) is 6.40. The van der Waals surface area contributed by atoms with E-state index in [0.29, 0.717) is 23.8 Å². The average molecular weight is 269 g/mol. The molecule has 1 saturated heterocycles. The third-order valence-corrected chi connectivity index (χ3v) is 5.26.